The average molecular weight is 257 g/mol. The zero-order chi connectivity index (χ0) is 12.8. The largest absolute Gasteiger partial charge is 0.461 e. The molecule has 0 fully saturated rings. The van der Waals surface area contributed by atoms with Gasteiger partial charge in [-0.1, -0.05) is 25.6 Å². The summed E-state index contributed by atoms with van der Waals surface area (Å²) in [6, 6.07) is 0.300. The van der Waals surface area contributed by atoms with Gasteiger partial charge < -0.3 is 4.74 Å². The second kappa shape index (κ2) is 6.61. The Morgan fingerprint density at radius 3 is 2.53 bits per heavy atom. The van der Waals surface area contributed by atoms with Crippen molar-refractivity contribution < 1.29 is 4.74 Å². The molecule has 0 spiro atoms. The fourth-order valence-corrected chi connectivity index (χ4v) is 1.78. The van der Waals surface area contributed by atoms with Crippen molar-refractivity contribution in [3.63, 3.8) is 0 Å². The molecule has 0 aliphatic rings. The predicted molar refractivity (Wildman–Crippen MR) is 69.0 cm³/mol. The number of nitrogens with two attached hydrogens (primary N) is 1. The number of hydrazine groups is 1. The van der Waals surface area contributed by atoms with Gasteiger partial charge in [0.25, 0.3) is 0 Å². The minimum atomic E-state index is 0.0180. The summed E-state index contributed by atoms with van der Waals surface area (Å²) in [5, 5.41) is 1.06. The fraction of sp³-hybridized carbons (Fsp3) is 0.700. The maximum absolute atomic E-state index is 5.44. The van der Waals surface area contributed by atoms with Crippen LogP contribution in [0.2, 0.25) is 0 Å². The van der Waals surface area contributed by atoms with Gasteiger partial charge in [0.2, 0.25) is 5.95 Å². The Morgan fingerprint density at radius 2 is 2.00 bits per heavy atom. The first-order valence-electron chi connectivity index (χ1n) is 5.61. The summed E-state index contributed by atoms with van der Waals surface area (Å²) in [6.45, 7) is 8.07. The van der Waals surface area contributed by atoms with Crippen molar-refractivity contribution in [2.24, 2.45) is 5.84 Å². The summed E-state index contributed by atoms with van der Waals surface area (Å²) in [5.74, 6) is 5.63. The number of rotatable bonds is 6. The number of nitrogen functional groups attached to an aromatic ring is 1. The number of hydrogen-bond acceptors (Lipinski definition) is 7. The van der Waals surface area contributed by atoms with Crippen LogP contribution >= 0.6 is 11.8 Å². The number of anilines is 1. The number of nitrogens with one attached hydrogen (secondary N) is 1. The van der Waals surface area contributed by atoms with Crippen LogP contribution in [0.4, 0.5) is 5.95 Å². The van der Waals surface area contributed by atoms with Gasteiger partial charge in [0, 0.05) is 5.25 Å². The van der Waals surface area contributed by atoms with Gasteiger partial charge in [-0.25, -0.2) is 5.84 Å². The lowest BCUT2D eigenvalue weighted by molar-refractivity contribution is 0.219. The van der Waals surface area contributed by atoms with Crippen molar-refractivity contribution in [3.05, 3.63) is 0 Å². The quantitative estimate of drug-likeness (QED) is 0.457. The Labute approximate surface area is 106 Å². The van der Waals surface area contributed by atoms with Crippen LogP contribution in [0.25, 0.3) is 0 Å². The minimum absolute atomic E-state index is 0.0180. The Hall–Kier alpha value is -1.08. The number of ether oxygens (including phenoxy) is 1. The van der Waals surface area contributed by atoms with E-state index in [2.05, 4.69) is 34.2 Å². The summed E-state index contributed by atoms with van der Waals surface area (Å²) in [6.07, 6.45) is 1.06. The Kier molecular flexibility index (Phi) is 5.43. The van der Waals surface area contributed by atoms with Gasteiger partial charge >= 0.3 is 6.01 Å². The van der Waals surface area contributed by atoms with Crippen molar-refractivity contribution in [2.75, 3.05) is 5.43 Å². The Bertz CT molecular complexity index is 361. The van der Waals surface area contributed by atoms with Crippen LogP contribution in [-0.4, -0.2) is 26.3 Å². The van der Waals surface area contributed by atoms with Gasteiger partial charge in [0.05, 0.1) is 6.10 Å². The van der Waals surface area contributed by atoms with E-state index in [1.807, 2.05) is 13.8 Å². The second-order valence-electron chi connectivity index (χ2n) is 3.87. The first-order valence-corrected chi connectivity index (χ1v) is 6.49. The molecule has 0 aromatic carbocycles. The highest BCUT2D eigenvalue weighted by molar-refractivity contribution is 7.99. The highest BCUT2D eigenvalue weighted by Crippen LogP contribution is 2.23. The number of thioether (sulfide) groups is 1. The first-order chi connectivity index (χ1) is 8.05. The van der Waals surface area contributed by atoms with E-state index in [-0.39, 0.29) is 6.10 Å². The molecule has 1 unspecified atom stereocenters. The predicted octanol–water partition coefficient (Wildman–Crippen LogP) is 1.83. The van der Waals surface area contributed by atoms with E-state index >= 15 is 0 Å². The SMILES string of the molecule is CCC(C)Sc1nc(NN)nc(OC(C)C)n1. The van der Waals surface area contributed by atoms with Gasteiger partial charge in [-0.2, -0.15) is 15.0 Å². The number of aromatic nitrogens is 3. The van der Waals surface area contributed by atoms with Gasteiger partial charge in [-0.3, -0.25) is 5.43 Å². The van der Waals surface area contributed by atoms with E-state index in [0.717, 1.165) is 6.42 Å². The molecule has 1 aromatic heterocycles. The lowest BCUT2D eigenvalue weighted by atomic mass is 10.4. The van der Waals surface area contributed by atoms with Crippen molar-refractivity contribution in [3.8, 4) is 6.01 Å². The Morgan fingerprint density at radius 1 is 1.29 bits per heavy atom. The van der Waals surface area contributed by atoms with E-state index in [1.165, 1.54) is 0 Å². The summed E-state index contributed by atoms with van der Waals surface area (Å²) in [5.41, 5.74) is 2.42. The second-order valence-corrected chi connectivity index (χ2v) is 5.28. The number of nitrogens with zero attached hydrogens (tertiary/aromatic N) is 3. The average Bonchev–Trinajstić information content (AvgIpc) is 2.27. The van der Waals surface area contributed by atoms with Crippen LogP contribution < -0.4 is 16.0 Å². The van der Waals surface area contributed by atoms with Crippen molar-refractivity contribution in [1.82, 2.24) is 15.0 Å². The van der Waals surface area contributed by atoms with Crippen LogP contribution in [0.1, 0.15) is 34.1 Å². The maximum Gasteiger partial charge on any atom is 0.322 e. The molecule has 7 heteroatoms. The van der Waals surface area contributed by atoms with Gasteiger partial charge in [0.15, 0.2) is 5.16 Å². The molecule has 3 N–H and O–H groups in total. The molecule has 0 radical (unpaired) electrons. The molecule has 1 rings (SSSR count). The minimum Gasteiger partial charge on any atom is -0.461 e. The third-order valence-electron chi connectivity index (χ3n) is 1.95. The molecule has 6 nitrogen and oxygen atoms in total. The van der Waals surface area contributed by atoms with Crippen LogP contribution in [0.5, 0.6) is 6.01 Å². The summed E-state index contributed by atoms with van der Waals surface area (Å²) in [4.78, 5) is 12.4. The summed E-state index contributed by atoms with van der Waals surface area (Å²) in [7, 11) is 0. The van der Waals surface area contributed by atoms with Crippen LogP contribution in [0.3, 0.4) is 0 Å². The normalized spacial score (nSPS) is 12.6. The van der Waals surface area contributed by atoms with E-state index in [1.54, 1.807) is 11.8 Å². The zero-order valence-corrected chi connectivity index (χ0v) is 11.4. The van der Waals surface area contributed by atoms with Crippen molar-refractivity contribution in [1.29, 1.82) is 0 Å². The highest BCUT2D eigenvalue weighted by atomic mass is 32.2. The molecule has 0 bridgehead atoms. The summed E-state index contributed by atoms with van der Waals surface area (Å²) >= 11 is 1.58. The van der Waals surface area contributed by atoms with Gasteiger partial charge in [-0.05, 0) is 20.3 Å². The molecular weight excluding hydrogens is 238 g/mol. The first kappa shape index (κ1) is 14.0. The molecule has 0 amide bonds. The molecule has 17 heavy (non-hydrogen) atoms. The van der Waals surface area contributed by atoms with E-state index < -0.39 is 0 Å². The fourth-order valence-electron chi connectivity index (χ4n) is 0.982. The lowest BCUT2D eigenvalue weighted by Crippen LogP contribution is -2.15. The van der Waals surface area contributed by atoms with E-state index in [0.29, 0.717) is 22.4 Å². The standard InChI is InChI=1S/C10H19N5OS/c1-5-7(4)17-10-13-8(15-11)12-9(14-10)16-6(2)3/h6-7H,5,11H2,1-4H3,(H,12,13,14,15). The third-order valence-corrected chi connectivity index (χ3v) is 3.08. The molecule has 0 aliphatic heterocycles. The molecule has 0 saturated heterocycles. The third kappa shape index (κ3) is 4.74. The van der Waals surface area contributed by atoms with Crippen LogP contribution in [0, 0.1) is 0 Å². The number of hydrogen-bond donors (Lipinski definition) is 2. The molecule has 0 aliphatic carbocycles. The monoisotopic (exact) mass is 257 g/mol. The molecule has 1 heterocycles. The van der Waals surface area contributed by atoms with E-state index in [4.69, 9.17) is 10.6 Å². The van der Waals surface area contributed by atoms with Crippen LogP contribution in [0.15, 0.2) is 5.16 Å². The van der Waals surface area contributed by atoms with Crippen LogP contribution in [-0.2, 0) is 0 Å². The molecule has 1 atom stereocenters. The van der Waals surface area contributed by atoms with Crippen molar-refractivity contribution in [2.45, 2.75) is 50.6 Å². The van der Waals surface area contributed by atoms with Gasteiger partial charge in [-0.15, -0.1) is 0 Å². The maximum atomic E-state index is 5.44. The molecule has 96 valence electrons. The highest BCUT2D eigenvalue weighted by Gasteiger charge is 2.11. The molecule has 0 saturated carbocycles. The zero-order valence-electron chi connectivity index (χ0n) is 10.6. The van der Waals surface area contributed by atoms with E-state index in [9.17, 15) is 0 Å². The molecule has 1 aromatic rings. The van der Waals surface area contributed by atoms with Gasteiger partial charge in [0.1, 0.15) is 0 Å². The lowest BCUT2D eigenvalue weighted by Gasteiger charge is -2.11. The smallest absolute Gasteiger partial charge is 0.322 e. The Balaban J connectivity index is 2.88. The van der Waals surface area contributed by atoms with Crippen molar-refractivity contribution >= 4 is 17.7 Å². The molecular formula is C10H19N5OS. The summed E-state index contributed by atoms with van der Waals surface area (Å²) < 4.78 is 5.44. The topological polar surface area (TPSA) is 86.0 Å².